The van der Waals surface area contributed by atoms with E-state index in [-0.39, 0.29) is 11.2 Å². The number of hydrogen-bond acceptors (Lipinski definition) is 4. The van der Waals surface area contributed by atoms with Gasteiger partial charge in [-0.05, 0) is 24.4 Å². The molecule has 0 radical (unpaired) electrons. The summed E-state index contributed by atoms with van der Waals surface area (Å²) in [7, 11) is 0. The summed E-state index contributed by atoms with van der Waals surface area (Å²) < 4.78 is 5.41. The normalized spacial score (nSPS) is 11.6. The van der Waals surface area contributed by atoms with Crippen molar-refractivity contribution in [3.8, 4) is 11.5 Å². The molecular formula is C17H23NO2S. The molecule has 1 aromatic carbocycles. The van der Waals surface area contributed by atoms with Gasteiger partial charge in [-0.3, -0.25) is 0 Å². The van der Waals surface area contributed by atoms with Gasteiger partial charge in [-0.1, -0.05) is 32.0 Å². The van der Waals surface area contributed by atoms with E-state index in [0.29, 0.717) is 18.9 Å². The van der Waals surface area contributed by atoms with Crippen molar-refractivity contribution in [2.45, 2.75) is 32.7 Å². The van der Waals surface area contributed by atoms with Gasteiger partial charge in [0.25, 0.3) is 0 Å². The van der Waals surface area contributed by atoms with Crippen LogP contribution in [0.1, 0.15) is 31.2 Å². The highest BCUT2D eigenvalue weighted by atomic mass is 32.1. The van der Waals surface area contributed by atoms with Gasteiger partial charge < -0.3 is 15.2 Å². The molecule has 0 spiro atoms. The topological polar surface area (TPSA) is 41.5 Å². The van der Waals surface area contributed by atoms with Crippen molar-refractivity contribution in [1.82, 2.24) is 5.32 Å². The average molecular weight is 305 g/mol. The van der Waals surface area contributed by atoms with Crippen molar-refractivity contribution in [1.29, 1.82) is 0 Å². The Balaban J connectivity index is 1.96. The summed E-state index contributed by atoms with van der Waals surface area (Å²) in [4.78, 5) is 1.36. The van der Waals surface area contributed by atoms with E-state index < -0.39 is 0 Å². The first-order valence-electron chi connectivity index (χ1n) is 7.23. The number of para-hydroxylation sites is 1. The molecular weight excluding hydrogens is 282 g/mol. The highest BCUT2D eigenvalue weighted by molar-refractivity contribution is 7.10. The molecule has 2 rings (SSSR count). The summed E-state index contributed by atoms with van der Waals surface area (Å²) in [6.07, 6.45) is 0. The van der Waals surface area contributed by atoms with E-state index in [0.717, 1.165) is 12.1 Å². The molecule has 0 amide bonds. The number of nitrogens with one attached hydrogen (secondary N) is 1. The van der Waals surface area contributed by atoms with Crippen molar-refractivity contribution in [3.63, 3.8) is 0 Å². The molecule has 1 aromatic heterocycles. The lowest BCUT2D eigenvalue weighted by molar-refractivity contribution is 0.316. The quantitative estimate of drug-likeness (QED) is 0.814. The zero-order chi connectivity index (χ0) is 15.3. The van der Waals surface area contributed by atoms with Crippen LogP contribution in [0, 0.1) is 0 Å². The SMILES string of the molecule is CCOc1cccc(CNCC(C)(C)c2cccs2)c1O. The minimum absolute atomic E-state index is 0.0846. The lowest BCUT2D eigenvalue weighted by Gasteiger charge is -2.24. The van der Waals surface area contributed by atoms with Crippen LogP contribution in [-0.4, -0.2) is 18.3 Å². The fraction of sp³-hybridized carbons (Fsp3) is 0.412. The second-order valence-electron chi connectivity index (χ2n) is 5.66. The van der Waals surface area contributed by atoms with Gasteiger partial charge in [-0.15, -0.1) is 11.3 Å². The van der Waals surface area contributed by atoms with Crippen LogP contribution in [0.25, 0.3) is 0 Å². The van der Waals surface area contributed by atoms with Crippen LogP contribution in [-0.2, 0) is 12.0 Å². The summed E-state index contributed by atoms with van der Waals surface area (Å²) in [5, 5.41) is 15.7. The summed E-state index contributed by atoms with van der Waals surface area (Å²) in [5.41, 5.74) is 0.948. The third-order valence-electron chi connectivity index (χ3n) is 3.45. The number of benzene rings is 1. The molecule has 0 saturated carbocycles. The van der Waals surface area contributed by atoms with E-state index in [2.05, 4.69) is 36.7 Å². The van der Waals surface area contributed by atoms with Crippen LogP contribution >= 0.6 is 11.3 Å². The van der Waals surface area contributed by atoms with E-state index in [1.165, 1.54) is 4.88 Å². The number of ether oxygens (including phenoxy) is 1. The first kappa shape index (κ1) is 15.9. The number of hydrogen-bond donors (Lipinski definition) is 2. The van der Waals surface area contributed by atoms with Crippen molar-refractivity contribution >= 4 is 11.3 Å². The Hall–Kier alpha value is -1.52. The van der Waals surface area contributed by atoms with E-state index in [9.17, 15) is 5.11 Å². The highest BCUT2D eigenvalue weighted by Gasteiger charge is 2.21. The lowest BCUT2D eigenvalue weighted by atomic mass is 9.91. The van der Waals surface area contributed by atoms with Gasteiger partial charge in [-0.2, -0.15) is 0 Å². The third kappa shape index (κ3) is 3.99. The van der Waals surface area contributed by atoms with E-state index in [1.807, 2.05) is 19.1 Å². The minimum atomic E-state index is 0.0846. The van der Waals surface area contributed by atoms with E-state index in [4.69, 9.17) is 4.74 Å². The largest absolute Gasteiger partial charge is 0.504 e. The van der Waals surface area contributed by atoms with Crippen LogP contribution in [0.2, 0.25) is 0 Å². The molecule has 0 unspecified atom stereocenters. The van der Waals surface area contributed by atoms with Gasteiger partial charge >= 0.3 is 0 Å². The van der Waals surface area contributed by atoms with Gasteiger partial charge in [0.05, 0.1) is 6.61 Å². The van der Waals surface area contributed by atoms with Gasteiger partial charge in [0.1, 0.15) is 0 Å². The molecule has 0 fully saturated rings. The van der Waals surface area contributed by atoms with E-state index in [1.54, 1.807) is 17.4 Å². The Morgan fingerprint density at radius 1 is 1.24 bits per heavy atom. The Morgan fingerprint density at radius 2 is 2.05 bits per heavy atom. The first-order chi connectivity index (χ1) is 10.0. The van der Waals surface area contributed by atoms with Gasteiger partial charge in [0, 0.05) is 28.9 Å². The fourth-order valence-corrected chi connectivity index (χ4v) is 3.09. The predicted molar refractivity (Wildman–Crippen MR) is 88.3 cm³/mol. The van der Waals surface area contributed by atoms with Crippen LogP contribution < -0.4 is 10.1 Å². The monoisotopic (exact) mass is 305 g/mol. The maximum atomic E-state index is 10.2. The predicted octanol–water partition coefficient (Wildman–Crippen LogP) is 3.92. The Bertz CT molecular complexity index is 564. The number of rotatable bonds is 7. The van der Waals surface area contributed by atoms with Crippen LogP contribution in [0.3, 0.4) is 0 Å². The average Bonchev–Trinajstić information content (AvgIpc) is 2.98. The number of aromatic hydroxyl groups is 1. The van der Waals surface area contributed by atoms with Gasteiger partial charge in [0.2, 0.25) is 0 Å². The summed E-state index contributed by atoms with van der Waals surface area (Å²) >= 11 is 1.78. The standard InChI is InChI=1S/C17H23NO2S/c1-4-20-14-8-5-7-13(16(14)19)11-18-12-17(2,3)15-9-6-10-21-15/h5-10,18-19H,4,11-12H2,1-3H3. The maximum Gasteiger partial charge on any atom is 0.162 e. The Morgan fingerprint density at radius 3 is 2.71 bits per heavy atom. The molecule has 0 aliphatic carbocycles. The number of phenolic OH excluding ortho intramolecular Hbond substituents is 1. The van der Waals surface area contributed by atoms with Crippen molar-refractivity contribution in [3.05, 3.63) is 46.2 Å². The Kier molecular flexibility index (Phi) is 5.26. The summed E-state index contributed by atoms with van der Waals surface area (Å²) in [6.45, 7) is 8.39. The zero-order valence-electron chi connectivity index (χ0n) is 12.8. The molecule has 114 valence electrons. The Labute approximate surface area is 130 Å². The molecule has 2 aromatic rings. The number of phenols is 1. The molecule has 2 N–H and O–H groups in total. The summed E-state index contributed by atoms with van der Waals surface area (Å²) in [5.74, 6) is 0.787. The minimum Gasteiger partial charge on any atom is -0.504 e. The molecule has 3 nitrogen and oxygen atoms in total. The molecule has 0 bridgehead atoms. The van der Waals surface area contributed by atoms with Gasteiger partial charge in [-0.25, -0.2) is 0 Å². The molecule has 0 saturated heterocycles. The second kappa shape index (κ2) is 6.96. The molecule has 0 aliphatic rings. The fourth-order valence-electron chi connectivity index (χ4n) is 2.24. The van der Waals surface area contributed by atoms with Crippen LogP contribution in [0.4, 0.5) is 0 Å². The summed E-state index contributed by atoms with van der Waals surface area (Å²) in [6, 6.07) is 9.87. The second-order valence-corrected chi connectivity index (χ2v) is 6.61. The van der Waals surface area contributed by atoms with Crippen molar-refractivity contribution in [2.75, 3.05) is 13.2 Å². The van der Waals surface area contributed by atoms with Crippen LogP contribution in [0.15, 0.2) is 35.7 Å². The van der Waals surface area contributed by atoms with Crippen LogP contribution in [0.5, 0.6) is 11.5 Å². The highest BCUT2D eigenvalue weighted by Crippen LogP contribution is 2.30. The van der Waals surface area contributed by atoms with Crippen molar-refractivity contribution < 1.29 is 9.84 Å². The number of thiophene rings is 1. The molecule has 0 aliphatic heterocycles. The zero-order valence-corrected chi connectivity index (χ0v) is 13.7. The van der Waals surface area contributed by atoms with Gasteiger partial charge in [0.15, 0.2) is 11.5 Å². The molecule has 0 atom stereocenters. The lowest BCUT2D eigenvalue weighted by Crippen LogP contribution is -2.31. The molecule has 4 heteroatoms. The smallest absolute Gasteiger partial charge is 0.162 e. The van der Waals surface area contributed by atoms with E-state index >= 15 is 0 Å². The third-order valence-corrected chi connectivity index (χ3v) is 4.69. The molecule has 21 heavy (non-hydrogen) atoms. The maximum absolute atomic E-state index is 10.2. The van der Waals surface area contributed by atoms with Crippen molar-refractivity contribution in [2.24, 2.45) is 0 Å². The molecule has 1 heterocycles. The first-order valence-corrected chi connectivity index (χ1v) is 8.11.